The first-order valence-corrected chi connectivity index (χ1v) is 9.47. The van der Waals surface area contributed by atoms with Gasteiger partial charge in [0.15, 0.2) is 11.5 Å². The molecule has 1 aromatic heterocycles. The molecule has 7 nitrogen and oxygen atoms in total. The molecular weight excluding hydrogens is 380 g/mol. The van der Waals surface area contributed by atoms with Gasteiger partial charge in [-0.3, -0.25) is 14.9 Å². The van der Waals surface area contributed by atoms with Crippen LogP contribution in [0.2, 0.25) is 0 Å². The maximum atomic E-state index is 11.7. The Morgan fingerprint density at radius 2 is 1.93 bits per heavy atom. The first-order valence-electron chi connectivity index (χ1n) is 8.59. The first-order chi connectivity index (χ1) is 13.5. The summed E-state index contributed by atoms with van der Waals surface area (Å²) in [5.74, 6) is -0.0794. The zero-order valence-corrected chi connectivity index (χ0v) is 15.7. The molecule has 28 heavy (non-hydrogen) atoms. The number of imide groups is 1. The van der Waals surface area contributed by atoms with Crippen molar-refractivity contribution in [3.63, 3.8) is 0 Å². The van der Waals surface area contributed by atoms with Crippen LogP contribution in [0, 0.1) is 0 Å². The van der Waals surface area contributed by atoms with E-state index < -0.39 is 5.25 Å². The Balaban J connectivity index is 1.49. The molecule has 2 aromatic carbocycles. The number of methoxy groups -OCH3 is 1. The maximum absolute atomic E-state index is 11.7. The smallest absolute Gasteiger partial charge is 0.337 e. The normalized spacial score (nSPS) is 16.4. The third kappa shape index (κ3) is 3.77. The van der Waals surface area contributed by atoms with Gasteiger partial charge in [0.25, 0.3) is 5.24 Å². The fourth-order valence-electron chi connectivity index (χ4n) is 3.02. The van der Waals surface area contributed by atoms with Crippen LogP contribution >= 0.6 is 11.8 Å². The summed E-state index contributed by atoms with van der Waals surface area (Å²) in [5.41, 5.74) is 3.72. The summed E-state index contributed by atoms with van der Waals surface area (Å²) in [7, 11) is 1.35. The van der Waals surface area contributed by atoms with Gasteiger partial charge in [-0.25, -0.2) is 9.78 Å². The molecule has 1 aliphatic rings. The van der Waals surface area contributed by atoms with Crippen molar-refractivity contribution < 1.29 is 23.5 Å². The third-order valence-corrected chi connectivity index (χ3v) is 5.40. The van der Waals surface area contributed by atoms with Gasteiger partial charge in [0.1, 0.15) is 5.52 Å². The molecule has 0 radical (unpaired) electrons. The molecule has 3 aromatic rings. The van der Waals surface area contributed by atoms with Crippen LogP contribution in [0.5, 0.6) is 0 Å². The Morgan fingerprint density at radius 1 is 1.18 bits per heavy atom. The molecule has 0 bridgehead atoms. The molecule has 1 aliphatic heterocycles. The van der Waals surface area contributed by atoms with Gasteiger partial charge >= 0.3 is 5.97 Å². The number of oxazole rings is 1. The molecule has 142 valence electrons. The summed E-state index contributed by atoms with van der Waals surface area (Å²) in [5, 5.41) is 1.57. The van der Waals surface area contributed by atoms with Crippen molar-refractivity contribution in [3.8, 4) is 0 Å². The number of hydrogen-bond donors (Lipinski definition) is 1. The second-order valence-electron chi connectivity index (χ2n) is 6.36. The standard InChI is InChI=1S/C20H16N2O5S/c1-26-19(24)13-5-2-11(3-6-13)10-17-21-14-8-12(4-7-15(14)27-17)9-16-18(23)22-20(25)28-16/h2-8,16H,9-10H2,1H3,(H,22,23,25). The van der Waals surface area contributed by atoms with Gasteiger partial charge in [-0.2, -0.15) is 0 Å². The molecule has 1 unspecified atom stereocenters. The molecular formula is C20H16N2O5S. The predicted molar refractivity (Wildman–Crippen MR) is 103 cm³/mol. The monoisotopic (exact) mass is 396 g/mol. The minimum atomic E-state index is -0.412. The van der Waals surface area contributed by atoms with Crippen molar-refractivity contribution in [2.45, 2.75) is 18.1 Å². The Labute approximate surface area is 164 Å². The van der Waals surface area contributed by atoms with E-state index in [0.29, 0.717) is 35.4 Å². The number of aromatic nitrogens is 1. The Kier molecular flexibility index (Phi) is 4.87. The van der Waals surface area contributed by atoms with E-state index in [1.165, 1.54) is 7.11 Å². The molecule has 0 spiro atoms. The summed E-state index contributed by atoms with van der Waals surface area (Å²) in [6.07, 6.45) is 0.941. The lowest BCUT2D eigenvalue weighted by atomic mass is 10.1. The Bertz CT molecular complexity index is 1070. The molecule has 1 atom stereocenters. The number of benzene rings is 2. The van der Waals surface area contributed by atoms with E-state index in [4.69, 9.17) is 9.15 Å². The van der Waals surface area contributed by atoms with Gasteiger partial charge in [0.05, 0.1) is 17.9 Å². The zero-order chi connectivity index (χ0) is 19.7. The van der Waals surface area contributed by atoms with Crippen molar-refractivity contribution >= 4 is 40.0 Å². The van der Waals surface area contributed by atoms with Crippen LogP contribution in [-0.4, -0.2) is 34.5 Å². The minimum Gasteiger partial charge on any atom is -0.465 e. The highest BCUT2D eigenvalue weighted by Crippen LogP contribution is 2.25. The van der Waals surface area contributed by atoms with Gasteiger partial charge in [0.2, 0.25) is 5.91 Å². The largest absolute Gasteiger partial charge is 0.465 e. The van der Waals surface area contributed by atoms with Crippen molar-refractivity contribution in [3.05, 3.63) is 65.0 Å². The molecule has 0 saturated carbocycles. The highest BCUT2D eigenvalue weighted by Gasteiger charge is 2.31. The van der Waals surface area contributed by atoms with E-state index in [9.17, 15) is 14.4 Å². The summed E-state index contributed by atoms with van der Waals surface area (Å²) < 4.78 is 10.5. The average molecular weight is 396 g/mol. The quantitative estimate of drug-likeness (QED) is 0.662. The summed E-state index contributed by atoms with van der Waals surface area (Å²) in [4.78, 5) is 39.0. The molecule has 1 fully saturated rings. The Hall–Kier alpha value is -3.13. The van der Waals surface area contributed by atoms with Crippen LogP contribution in [0.25, 0.3) is 11.1 Å². The fourth-order valence-corrected chi connectivity index (χ4v) is 3.88. The van der Waals surface area contributed by atoms with Crippen LogP contribution in [-0.2, 0) is 22.4 Å². The first kappa shape index (κ1) is 18.2. The van der Waals surface area contributed by atoms with Crippen LogP contribution in [0.4, 0.5) is 4.79 Å². The number of nitrogens with one attached hydrogen (secondary N) is 1. The lowest BCUT2D eigenvalue weighted by Gasteiger charge is -2.04. The number of esters is 1. The molecule has 8 heteroatoms. The second kappa shape index (κ2) is 7.47. The number of hydrogen-bond acceptors (Lipinski definition) is 7. The number of carbonyl (C=O) groups excluding carboxylic acids is 3. The van der Waals surface area contributed by atoms with E-state index in [1.54, 1.807) is 12.1 Å². The summed E-state index contributed by atoms with van der Waals surface area (Å²) in [6, 6.07) is 12.6. The number of fused-ring (bicyclic) bond motifs is 1. The number of carbonyl (C=O) groups is 3. The average Bonchev–Trinajstić information content (AvgIpc) is 3.23. The number of nitrogens with zero attached hydrogens (tertiary/aromatic N) is 1. The van der Waals surface area contributed by atoms with Crippen molar-refractivity contribution in [2.24, 2.45) is 0 Å². The van der Waals surface area contributed by atoms with Crippen LogP contribution in [0.1, 0.15) is 27.4 Å². The number of ether oxygens (including phenoxy) is 1. The van der Waals surface area contributed by atoms with E-state index in [0.717, 1.165) is 22.9 Å². The predicted octanol–water partition coefficient (Wildman–Crippen LogP) is 3.10. The van der Waals surface area contributed by atoms with Gasteiger partial charge < -0.3 is 9.15 Å². The Morgan fingerprint density at radius 3 is 2.61 bits per heavy atom. The van der Waals surface area contributed by atoms with E-state index in [1.807, 2.05) is 30.3 Å². The molecule has 1 N–H and O–H groups in total. The van der Waals surface area contributed by atoms with Gasteiger partial charge in [-0.05, 0) is 41.8 Å². The highest BCUT2D eigenvalue weighted by molar-refractivity contribution is 8.15. The van der Waals surface area contributed by atoms with Crippen molar-refractivity contribution in [1.29, 1.82) is 0 Å². The van der Waals surface area contributed by atoms with Crippen LogP contribution in [0.15, 0.2) is 46.9 Å². The topological polar surface area (TPSA) is 98.5 Å². The van der Waals surface area contributed by atoms with Gasteiger partial charge in [-0.1, -0.05) is 30.0 Å². The zero-order valence-electron chi connectivity index (χ0n) is 14.9. The molecule has 2 heterocycles. The third-order valence-electron chi connectivity index (χ3n) is 4.41. The fraction of sp³-hybridized carbons (Fsp3) is 0.200. The number of amides is 2. The summed E-state index contributed by atoms with van der Waals surface area (Å²) >= 11 is 1.01. The van der Waals surface area contributed by atoms with E-state index >= 15 is 0 Å². The van der Waals surface area contributed by atoms with Gasteiger partial charge in [-0.15, -0.1) is 0 Å². The van der Waals surface area contributed by atoms with Gasteiger partial charge in [0, 0.05) is 6.42 Å². The molecule has 1 saturated heterocycles. The van der Waals surface area contributed by atoms with E-state index in [-0.39, 0.29) is 17.1 Å². The molecule has 0 aliphatic carbocycles. The van der Waals surface area contributed by atoms with Crippen LogP contribution in [0.3, 0.4) is 0 Å². The van der Waals surface area contributed by atoms with Crippen molar-refractivity contribution in [1.82, 2.24) is 10.3 Å². The second-order valence-corrected chi connectivity index (χ2v) is 7.54. The molecule has 4 rings (SSSR count). The van der Waals surface area contributed by atoms with Crippen LogP contribution < -0.4 is 5.32 Å². The minimum absolute atomic E-state index is 0.258. The SMILES string of the molecule is COC(=O)c1ccc(Cc2nc3cc(CC4SC(=O)NC4=O)ccc3o2)cc1. The number of thioether (sulfide) groups is 1. The number of rotatable bonds is 5. The van der Waals surface area contributed by atoms with E-state index in [2.05, 4.69) is 10.3 Å². The highest BCUT2D eigenvalue weighted by atomic mass is 32.2. The lowest BCUT2D eigenvalue weighted by molar-refractivity contribution is -0.118. The molecule has 2 amide bonds. The summed E-state index contributed by atoms with van der Waals surface area (Å²) in [6.45, 7) is 0. The van der Waals surface area contributed by atoms with Crippen molar-refractivity contribution in [2.75, 3.05) is 7.11 Å². The lowest BCUT2D eigenvalue weighted by Crippen LogP contribution is -2.25. The maximum Gasteiger partial charge on any atom is 0.337 e.